The number of ether oxygens (including phenoxy) is 2. The first kappa shape index (κ1) is 19.9. The van der Waals surface area contributed by atoms with Crippen molar-refractivity contribution in [3.8, 4) is 5.75 Å². The van der Waals surface area contributed by atoms with Crippen LogP contribution in [-0.4, -0.2) is 37.7 Å². The van der Waals surface area contributed by atoms with E-state index in [0.29, 0.717) is 23.5 Å². The lowest BCUT2D eigenvalue weighted by Crippen LogP contribution is -2.32. The van der Waals surface area contributed by atoms with E-state index in [9.17, 15) is 9.59 Å². The summed E-state index contributed by atoms with van der Waals surface area (Å²) >= 11 is 0. The van der Waals surface area contributed by atoms with Crippen molar-refractivity contribution in [2.45, 2.75) is 32.8 Å². The zero-order valence-corrected chi connectivity index (χ0v) is 16.3. The van der Waals surface area contributed by atoms with Crippen LogP contribution in [0.1, 0.15) is 34.3 Å². The van der Waals surface area contributed by atoms with Gasteiger partial charge in [-0.1, -0.05) is 18.2 Å². The second-order valence-electron chi connectivity index (χ2n) is 6.97. The minimum Gasteiger partial charge on any atom is -0.484 e. The highest BCUT2D eigenvalue weighted by Crippen LogP contribution is 2.18. The molecule has 28 heavy (non-hydrogen) atoms. The predicted molar refractivity (Wildman–Crippen MR) is 108 cm³/mol. The van der Waals surface area contributed by atoms with E-state index in [2.05, 4.69) is 10.6 Å². The van der Waals surface area contributed by atoms with Gasteiger partial charge in [0.15, 0.2) is 6.61 Å². The molecule has 0 spiro atoms. The first-order valence-electron chi connectivity index (χ1n) is 9.51. The van der Waals surface area contributed by atoms with E-state index in [0.717, 1.165) is 25.0 Å². The van der Waals surface area contributed by atoms with Crippen molar-refractivity contribution in [1.29, 1.82) is 0 Å². The van der Waals surface area contributed by atoms with Crippen LogP contribution in [0.4, 0.5) is 5.69 Å². The third kappa shape index (κ3) is 5.33. The first-order valence-corrected chi connectivity index (χ1v) is 9.51. The highest BCUT2D eigenvalue weighted by Gasteiger charge is 2.18. The highest BCUT2D eigenvalue weighted by atomic mass is 16.5. The number of nitrogens with one attached hydrogen (secondary N) is 2. The Morgan fingerprint density at radius 3 is 2.71 bits per heavy atom. The van der Waals surface area contributed by atoms with Crippen LogP contribution in [0.25, 0.3) is 0 Å². The SMILES string of the molecule is Cc1ccc(OCC(=O)Nc2ccccc2C(=O)NC[C@H]2CCCO2)cc1C. The van der Waals surface area contributed by atoms with Gasteiger partial charge in [0, 0.05) is 13.2 Å². The van der Waals surface area contributed by atoms with Crippen LogP contribution in [0.5, 0.6) is 5.75 Å². The Morgan fingerprint density at radius 2 is 1.96 bits per heavy atom. The fourth-order valence-electron chi connectivity index (χ4n) is 3.04. The topological polar surface area (TPSA) is 76.7 Å². The minimum atomic E-state index is -0.322. The molecule has 2 amide bonds. The van der Waals surface area contributed by atoms with Gasteiger partial charge < -0.3 is 20.1 Å². The van der Waals surface area contributed by atoms with E-state index in [1.165, 1.54) is 5.56 Å². The quantitative estimate of drug-likeness (QED) is 0.771. The summed E-state index contributed by atoms with van der Waals surface area (Å²) in [4.78, 5) is 24.8. The molecule has 1 saturated heterocycles. The van der Waals surface area contributed by atoms with E-state index in [4.69, 9.17) is 9.47 Å². The van der Waals surface area contributed by atoms with Crippen LogP contribution in [-0.2, 0) is 9.53 Å². The number of carbonyl (C=O) groups is 2. The Balaban J connectivity index is 1.56. The van der Waals surface area contributed by atoms with Crippen LogP contribution < -0.4 is 15.4 Å². The molecule has 6 heteroatoms. The number of carbonyl (C=O) groups excluding carboxylic acids is 2. The molecule has 6 nitrogen and oxygen atoms in total. The Labute approximate surface area is 165 Å². The lowest BCUT2D eigenvalue weighted by Gasteiger charge is -2.14. The number of hydrogen-bond donors (Lipinski definition) is 2. The van der Waals surface area contributed by atoms with Crippen molar-refractivity contribution in [1.82, 2.24) is 5.32 Å². The molecule has 0 aliphatic carbocycles. The van der Waals surface area contributed by atoms with E-state index < -0.39 is 0 Å². The second kappa shape index (κ2) is 9.37. The maximum atomic E-state index is 12.5. The van der Waals surface area contributed by atoms with Crippen LogP contribution in [0.3, 0.4) is 0 Å². The van der Waals surface area contributed by atoms with Gasteiger partial charge in [0.25, 0.3) is 11.8 Å². The number of amides is 2. The third-order valence-corrected chi connectivity index (χ3v) is 4.81. The fraction of sp³-hybridized carbons (Fsp3) is 0.364. The summed E-state index contributed by atoms with van der Waals surface area (Å²) in [7, 11) is 0. The van der Waals surface area contributed by atoms with Gasteiger partial charge in [-0.3, -0.25) is 9.59 Å². The maximum absolute atomic E-state index is 12.5. The molecular formula is C22H26N2O4. The molecule has 148 valence electrons. The minimum absolute atomic E-state index is 0.0667. The molecule has 1 aliphatic rings. The summed E-state index contributed by atoms with van der Waals surface area (Å²) in [5, 5.41) is 5.64. The van der Waals surface area contributed by atoms with Crippen LogP contribution in [0.2, 0.25) is 0 Å². The molecule has 0 unspecified atom stereocenters. The average Bonchev–Trinajstić information content (AvgIpc) is 3.21. The molecule has 1 heterocycles. The monoisotopic (exact) mass is 382 g/mol. The molecule has 1 fully saturated rings. The number of para-hydroxylation sites is 1. The molecule has 0 aromatic heterocycles. The highest BCUT2D eigenvalue weighted by molar-refractivity contribution is 6.04. The molecular weight excluding hydrogens is 356 g/mol. The molecule has 0 bridgehead atoms. The molecule has 2 aromatic carbocycles. The Bertz CT molecular complexity index is 844. The van der Waals surface area contributed by atoms with Gasteiger partial charge >= 0.3 is 0 Å². The fourth-order valence-corrected chi connectivity index (χ4v) is 3.04. The molecule has 1 atom stereocenters. The average molecular weight is 382 g/mol. The molecule has 1 aliphatic heterocycles. The number of benzene rings is 2. The number of aryl methyl sites for hydroxylation is 2. The molecule has 2 N–H and O–H groups in total. The third-order valence-electron chi connectivity index (χ3n) is 4.81. The van der Waals surface area contributed by atoms with Crippen molar-refractivity contribution in [2.75, 3.05) is 25.1 Å². The largest absolute Gasteiger partial charge is 0.484 e. The predicted octanol–water partition coefficient (Wildman–Crippen LogP) is 3.23. The lowest BCUT2D eigenvalue weighted by molar-refractivity contribution is -0.118. The number of rotatable bonds is 7. The summed E-state index contributed by atoms with van der Waals surface area (Å²) in [5.41, 5.74) is 3.15. The zero-order valence-electron chi connectivity index (χ0n) is 16.3. The second-order valence-corrected chi connectivity index (χ2v) is 6.97. The van der Waals surface area contributed by atoms with E-state index in [1.54, 1.807) is 24.3 Å². The summed E-state index contributed by atoms with van der Waals surface area (Å²) in [6.45, 7) is 5.10. The zero-order chi connectivity index (χ0) is 19.9. The van der Waals surface area contributed by atoms with Gasteiger partial charge in [-0.05, 0) is 62.1 Å². The van der Waals surface area contributed by atoms with Crippen molar-refractivity contribution in [2.24, 2.45) is 0 Å². The standard InChI is InChI=1S/C22H26N2O4/c1-15-9-10-17(12-16(15)2)28-14-21(25)24-20-8-4-3-7-19(20)22(26)23-13-18-6-5-11-27-18/h3-4,7-10,12,18H,5-6,11,13-14H2,1-2H3,(H,23,26)(H,24,25)/t18-/m1/s1. The van der Waals surface area contributed by atoms with Crippen LogP contribution in [0.15, 0.2) is 42.5 Å². The van der Waals surface area contributed by atoms with Crippen molar-refractivity contribution < 1.29 is 19.1 Å². The summed E-state index contributed by atoms with van der Waals surface area (Å²) in [5.74, 6) is 0.0833. The smallest absolute Gasteiger partial charge is 0.262 e. The lowest BCUT2D eigenvalue weighted by atomic mass is 10.1. The van der Waals surface area contributed by atoms with Crippen molar-refractivity contribution in [3.05, 3.63) is 59.2 Å². The van der Waals surface area contributed by atoms with Gasteiger partial charge in [0.2, 0.25) is 0 Å². The van der Waals surface area contributed by atoms with Crippen molar-refractivity contribution >= 4 is 17.5 Å². The van der Waals surface area contributed by atoms with Gasteiger partial charge in [-0.2, -0.15) is 0 Å². The maximum Gasteiger partial charge on any atom is 0.262 e. The van der Waals surface area contributed by atoms with Crippen LogP contribution >= 0.6 is 0 Å². The number of anilines is 1. The number of hydrogen-bond acceptors (Lipinski definition) is 4. The summed E-state index contributed by atoms with van der Waals surface area (Å²) in [6, 6.07) is 12.6. The van der Waals surface area contributed by atoms with Gasteiger partial charge in [0.05, 0.1) is 17.4 Å². The first-order chi connectivity index (χ1) is 13.5. The van der Waals surface area contributed by atoms with E-state index in [1.807, 2.05) is 32.0 Å². The molecule has 2 aromatic rings. The Kier molecular flexibility index (Phi) is 6.66. The van der Waals surface area contributed by atoms with Gasteiger partial charge in [-0.25, -0.2) is 0 Å². The summed E-state index contributed by atoms with van der Waals surface area (Å²) in [6.07, 6.45) is 2.04. The van der Waals surface area contributed by atoms with Crippen LogP contribution in [0, 0.1) is 13.8 Å². The molecule has 0 radical (unpaired) electrons. The van der Waals surface area contributed by atoms with E-state index >= 15 is 0 Å². The summed E-state index contributed by atoms with van der Waals surface area (Å²) < 4.78 is 11.1. The molecule has 3 rings (SSSR count). The molecule has 0 saturated carbocycles. The van der Waals surface area contributed by atoms with Gasteiger partial charge in [0.1, 0.15) is 5.75 Å². The Morgan fingerprint density at radius 1 is 1.14 bits per heavy atom. The van der Waals surface area contributed by atoms with Crippen molar-refractivity contribution in [3.63, 3.8) is 0 Å². The Hall–Kier alpha value is -2.86. The van der Waals surface area contributed by atoms with E-state index in [-0.39, 0.29) is 24.5 Å². The van der Waals surface area contributed by atoms with Gasteiger partial charge in [-0.15, -0.1) is 0 Å². The normalized spacial score (nSPS) is 15.9.